The van der Waals surface area contributed by atoms with E-state index in [9.17, 15) is 4.79 Å². The zero-order valence-electron chi connectivity index (χ0n) is 9.60. The predicted octanol–water partition coefficient (Wildman–Crippen LogP) is 1.50. The second-order valence-corrected chi connectivity index (χ2v) is 4.42. The number of nitrogens with zero attached hydrogens (tertiary/aromatic N) is 1. The maximum absolute atomic E-state index is 12.1. The van der Waals surface area contributed by atoms with Crippen LogP contribution in [0.15, 0.2) is 30.3 Å². The molecule has 0 aromatic heterocycles. The fourth-order valence-electron chi connectivity index (χ4n) is 2.08. The van der Waals surface area contributed by atoms with Gasteiger partial charge in [0.1, 0.15) is 0 Å². The molecule has 1 aliphatic rings. The highest BCUT2D eigenvalue weighted by Gasteiger charge is 2.34. The third kappa shape index (κ3) is 2.25. The van der Waals surface area contributed by atoms with Crippen molar-refractivity contribution in [3.05, 3.63) is 35.9 Å². The summed E-state index contributed by atoms with van der Waals surface area (Å²) in [6.45, 7) is 0.555. The molecule has 0 aliphatic heterocycles. The first kappa shape index (κ1) is 11.1. The minimum absolute atomic E-state index is 0.0722. The molecule has 1 amide bonds. The summed E-state index contributed by atoms with van der Waals surface area (Å²) in [5.41, 5.74) is 6.48. The van der Waals surface area contributed by atoms with Gasteiger partial charge in [0.05, 0.1) is 0 Å². The van der Waals surface area contributed by atoms with Gasteiger partial charge >= 0.3 is 0 Å². The molecule has 2 rings (SSSR count). The smallest absolute Gasteiger partial charge is 0.253 e. The van der Waals surface area contributed by atoms with Crippen molar-refractivity contribution in [1.29, 1.82) is 0 Å². The van der Waals surface area contributed by atoms with E-state index < -0.39 is 0 Å². The quantitative estimate of drug-likeness (QED) is 0.832. The molecule has 0 bridgehead atoms. The molecule has 0 radical (unpaired) electrons. The van der Waals surface area contributed by atoms with Crippen molar-refractivity contribution in [3.63, 3.8) is 0 Å². The van der Waals surface area contributed by atoms with Crippen LogP contribution in [0.4, 0.5) is 0 Å². The molecule has 2 N–H and O–H groups in total. The molecule has 16 heavy (non-hydrogen) atoms. The molecule has 0 saturated heterocycles. The van der Waals surface area contributed by atoms with Gasteiger partial charge in [-0.1, -0.05) is 18.2 Å². The van der Waals surface area contributed by atoms with E-state index in [1.54, 1.807) is 4.90 Å². The van der Waals surface area contributed by atoms with Crippen LogP contribution in [0.2, 0.25) is 0 Å². The lowest BCUT2D eigenvalue weighted by atomic mass is 10.1. The van der Waals surface area contributed by atoms with Gasteiger partial charge < -0.3 is 10.6 Å². The van der Waals surface area contributed by atoms with Crippen molar-refractivity contribution in [2.24, 2.45) is 11.7 Å². The van der Waals surface area contributed by atoms with E-state index in [0.29, 0.717) is 12.5 Å². The molecule has 1 aromatic rings. The summed E-state index contributed by atoms with van der Waals surface area (Å²) < 4.78 is 0. The number of nitrogens with two attached hydrogens (primary N) is 1. The van der Waals surface area contributed by atoms with Gasteiger partial charge in [-0.3, -0.25) is 4.79 Å². The average Bonchev–Trinajstić information content (AvgIpc) is 3.14. The molecule has 1 atom stereocenters. The highest BCUT2D eigenvalue weighted by Crippen LogP contribution is 2.34. The average molecular weight is 218 g/mol. The third-order valence-corrected chi connectivity index (χ3v) is 3.25. The first-order chi connectivity index (χ1) is 7.74. The molecule has 1 aromatic carbocycles. The Kier molecular flexibility index (Phi) is 3.25. The van der Waals surface area contributed by atoms with Crippen LogP contribution in [-0.4, -0.2) is 30.4 Å². The van der Waals surface area contributed by atoms with Gasteiger partial charge in [-0.2, -0.15) is 0 Å². The standard InChI is InChI=1S/C13H18N2O/c1-15(12(9-14)10-7-8-10)13(16)11-5-3-2-4-6-11/h2-6,10,12H,7-9,14H2,1H3. The van der Waals surface area contributed by atoms with Crippen LogP contribution in [-0.2, 0) is 0 Å². The zero-order chi connectivity index (χ0) is 11.5. The van der Waals surface area contributed by atoms with Crippen molar-refractivity contribution in [1.82, 2.24) is 4.90 Å². The van der Waals surface area contributed by atoms with Gasteiger partial charge in [-0.25, -0.2) is 0 Å². The van der Waals surface area contributed by atoms with Crippen LogP contribution >= 0.6 is 0 Å². The minimum atomic E-state index is 0.0722. The summed E-state index contributed by atoms with van der Waals surface area (Å²) in [4.78, 5) is 13.9. The van der Waals surface area contributed by atoms with E-state index >= 15 is 0 Å². The first-order valence-corrected chi connectivity index (χ1v) is 5.76. The Morgan fingerprint density at radius 3 is 2.56 bits per heavy atom. The summed E-state index contributed by atoms with van der Waals surface area (Å²) in [6, 6.07) is 9.58. The maximum atomic E-state index is 12.1. The lowest BCUT2D eigenvalue weighted by Crippen LogP contribution is -2.43. The van der Waals surface area contributed by atoms with E-state index in [1.165, 1.54) is 12.8 Å². The molecule has 3 heteroatoms. The molecule has 86 valence electrons. The second kappa shape index (κ2) is 4.66. The third-order valence-electron chi connectivity index (χ3n) is 3.25. The van der Waals surface area contributed by atoms with Gasteiger partial charge in [0.25, 0.3) is 5.91 Å². The van der Waals surface area contributed by atoms with Gasteiger partial charge in [0.2, 0.25) is 0 Å². The van der Waals surface area contributed by atoms with E-state index in [4.69, 9.17) is 5.73 Å². The molecule has 1 fully saturated rings. The number of hydrogen-bond acceptors (Lipinski definition) is 2. The number of rotatable bonds is 4. The largest absolute Gasteiger partial charge is 0.337 e. The summed E-state index contributed by atoms with van der Waals surface area (Å²) in [7, 11) is 1.85. The normalized spacial score (nSPS) is 16.9. The Morgan fingerprint density at radius 1 is 1.44 bits per heavy atom. The Bertz CT molecular complexity index is 359. The van der Waals surface area contributed by atoms with E-state index in [2.05, 4.69) is 0 Å². The van der Waals surface area contributed by atoms with Crippen molar-refractivity contribution in [2.45, 2.75) is 18.9 Å². The number of hydrogen-bond donors (Lipinski definition) is 1. The highest BCUT2D eigenvalue weighted by molar-refractivity contribution is 5.94. The molecular formula is C13H18N2O. The number of carbonyl (C=O) groups is 1. The molecule has 1 unspecified atom stereocenters. The fraction of sp³-hybridized carbons (Fsp3) is 0.462. The van der Waals surface area contributed by atoms with Crippen LogP contribution in [0.25, 0.3) is 0 Å². The monoisotopic (exact) mass is 218 g/mol. The number of carbonyl (C=O) groups excluding carboxylic acids is 1. The van der Waals surface area contributed by atoms with Crippen LogP contribution in [0, 0.1) is 5.92 Å². The fourth-order valence-corrected chi connectivity index (χ4v) is 2.08. The van der Waals surface area contributed by atoms with Gasteiger partial charge in [0, 0.05) is 25.2 Å². The SMILES string of the molecule is CN(C(=O)c1ccccc1)C(CN)C1CC1. The number of amides is 1. The molecular weight excluding hydrogens is 200 g/mol. The van der Waals surface area contributed by atoms with E-state index in [1.807, 2.05) is 37.4 Å². The topological polar surface area (TPSA) is 46.3 Å². The molecule has 0 heterocycles. The van der Waals surface area contributed by atoms with Crippen LogP contribution in [0.1, 0.15) is 23.2 Å². The Labute approximate surface area is 96.2 Å². The molecule has 0 spiro atoms. The maximum Gasteiger partial charge on any atom is 0.253 e. The van der Waals surface area contributed by atoms with Crippen LogP contribution < -0.4 is 5.73 Å². The molecule has 1 aliphatic carbocycles. The summed E-state index contributed by atoms with van der Waals surface area (Å²) >= 11 is 0. The number of benzene rings is 1. The molecule has 3 nitrogen and oxygen atoms in total. The van der Waals surface area contributed by atoms with Crippen LogP contribution in [0.5, 0.6) is 0 Å². The van der Waals surface area contributed by atoms with E-state index in [-0.39, 0.29) is 11.9 Å². The Morgan fingerprint density at radius 2 is 2.06 bits per heavy atom. The Hall–Kier alpha value is -1.35. The second-order valence-electron chi connectivity index (χ2n) is 4.42. The zero-order valence-corrected chi connectivity index (χ0v) is 9.60. The van der Waals surface area contributed by atoms with Gasteiger partial charge in [-0.15, -0.1) is 0 Å². The summed E-state index contributed by atoms with van der Waals surface area (Å²) in [5, 5.41) is 0. The van der Waals surface area contributed by atoms with E-state index in [0.717, 1.165) is 5.56 Å². The van der Waals surface area contributed by atoms with Crippen molar-refractivity contribution < 1.29 is 4.79 Å². The van der Waals surface area contributed by atoms with Crippen molar-refractivity contribution in [2.75, 3.05) is 13.6 Å². The summed E-state index contributed by atoms with van der Waals surface area (Å²) in [5.74, 6) is 0.686. The molecule has 1 saturated carbocycles. The van der Waals surface area contributed by atoms with Crippen molar-refractivity contribution >= 4 is 5.91 Å². The summed E-state index contributed by atoms with van der Waals surface area (Å²) in [6.07, 6.45) is 2.41. The first-order valence-electron chi connectivity index (χ1n) is 5.76. The predicted molar refractivity (Wildman–Crippen MR) is 64.1 cm³/mol. The minimum Gasteiger partial charge on any atom is -0.337 e. The Balaban J connectivity index is 2.09. The number of likely N-dealkylation sites (N-methyl/N-ethyl adjacent to an activating group) is 1. The van der Waals surface area contributed by atoms with Crippen LogP contribution in [0.3, 0.4) is 0 Å². The lowest BCUT2D eigenvalue weighted by Gasteiger charge is -2.27. The van der Waals surface area contributed by atoms with Gasteiger partial charge in [0.15, 0.2) is 0 Å². The van der Waals surface area contributed by atoms with Gasteiger partial charge in [-0.05, 0) is 30.9 Å². The van der Waals surface area contributed by atoms with Crippen molar-refractivity contribution in [3.8, 4) is 0 Å². The lowest BCUT2D eigenvalue weighted by molar-refractivity contribution is 0.0718. The highest BCUT2D eigenvalue weighted by atomic mass is 16.2.